The van der Waals surface area contributed by atoms with Crippen molar-refractivity contribution in [2.75, 3.05) is 26.2 Å². The molecule has 0 saturated carbocycles. The van der Waals surface area contributed by atoms with Crippen LogP contribution < -0.4 is 10.6 Å². The van der Waals surface area contributed by atoms with E-state index in [1.54, 1.807) is 0 Å². The summed E-state index contributed by atoms with van der Waals surface area (Å²) < 4.78 is 0. The molecule has 2 fully saturated rings. The average Bonchev–Trinajstić information content (AvgIpc) is 2.53. The minimum Gasteiger partial charge on any atom is -0.354 e. The summed E-state index contributed by atoms with van der Waals surface area (Å²) in [6.07, 6.45) is 2.48. The van der Waals surface area contributed by atoms with E-state index in [1.807, 2.05) is 4.90 Å². The van der Waals surface area contributed by atoms with Gasteiger partial charge in [-0.25, -0.2) is 0 Å². The molecule has 2 rings (SSSR count). The van der Waals surface area contributed by atoms with Crippen LogP contribution in [0.1, 0.15) is 26.2 Å². The zero-order chi connectivity index (χ0) is 12.3. The lowest BCUT2D eigenvalue weighted by Gasteiger charge is -2.31. The summed E-state index contributed by atoms with van der Waals surface area (Å²) in [7, 11) is 0. The van der Waals surface area contributed by atoms with Crippen LogP contribution in [0.2, 0.25) is 0 Å². The molecule has 0 aromatic carbocycles. The van der Waals surface area contributed by atoms with Crippen molar-refractivity contribution in [3.8, 4) is 0 Å². The van der Waals surface area contributed by atoms with Gasteiger partial charge in [0.25, 0.3) is 0 Å². The van der Waals surface area contributed by atoms with Crippen LogP contribution in [-0.4, -0.2) is 48.9 Å². The molecule has 0 aromatic heterocycles. The van der Waals surface area contributed by atoms with Crippen LogP contribution in [0.15, 0.2) is 0 Å². The quantitative estimate of drug-likeness (QED) is 0.662. The van der Waals surface area contributed by atoms with Crippen molar-refractivity contribution < 1.29 is 9.59 Å². The van der Waals surface area contributed by atoms with Crippen molar-refractivity contribution in [2.45, 2.75) is 32.2 Å². The SMILES string of the molecule is CC1CCNC(C(=O)N2CCNC(=O)CC2)C1. The summed E-state index contributed by atoms with van der Waals surface area (Å²) in [4.78, 5) is 25.3. The maximum Gasteiger partial charge on any atom is 0.239 e. The largest absolute Gasteiger partial charge is 0.354 e. The Labute approximate surface area is 102 Å². The topological polar surface area (TPSA) is 61.4 Å². The fourth-order valence-corrected chi connectivity index (χ4v) is 2.50. The van der Waals surface area contributed by atoms with Gasteiger partial charge in [0.05, 0.1) is 6.04 Å². The Kier molecular flexibility index (Phi) is 3.99. The third-order valence-electron chi connectivity index (χ3n) is 3.59. The van der Waals surface area contributed by atoms with Crippen LogP contribution >= 0.6 is 0 Å². The summed E-state index contributed by atoms with van der Waals surface area (Å²) in [5, 5.41) is 6.07. The highest BCUT2D eigenvalue weighted by Gasteiger charge is 2.29. The minimum absolute atomic E-state index is 0.0465. The lowest BCUT2D eigenvalue weighted by molar-refractivity contribution is -0.134. The molecule has 0 spiro atoms. The highest BCUT2D eigenvalue weighted by Crippen LogP contribution is 2.17. The van der Waals surface area contributed by atoms with E-state index in [9.17, 15) is 9.59 Å². The molecule has 2 heterocycles. The first kappa shape index (κ1) is 12.4. The average molecular weight is 239 g/mol. The molecule has 96 valence electrons. The Hall–Kier alpha value is -1.10. The van der Waals surface area contributed by atoms with Gasteiger partial charge in [-0.15, -0.1) is 0 Å². The molecule has 5 heteroatoms. The first-order chi connectivity index (χ1) is 8.16. The van der Waals surface area contributed by atoms with E-state index < -0.39 is 0 Å². The first-order valence-corrected chi connectivity index (χ1v) is 6.45. The van der Waals surface area contributed by atoms with Crippen molar-refractivity contribution >= 4 is 11.8 Å². The standard InChI is InChI=1S/C12H21N3O2/c1-9-2-4-13-10(8-9)12(17)15-6-3-11(16)14-5-7-15/h9-10,13H,2-8H2,1H3,(H,14,16). The van der Waals surface area contributed by atoms with Gasteiger partial charge in [-0.2, -0.15) is 0 Å². The predicted molar refractivity (Wildman–Crippen MR) is 64.4 cm³/mol. The Morgan fingerprint density at radius 3 is 2.94 bits per heavy atom. The van der Waals surface area contributed by atoms with Crippen LogP contribution in [0, 0.1) is 5.92 Å². The van der Waals surface area contributed by atoms with Crippen molar-refractivity contribution in [3.63, 3.8) is 0 Å². The normalized spacial score (nSPS) is 30.6. The second-order valence-corrected chi connectivity index (χ2v) is 5.06. The van der Waals surface area contributed by atoms with Gasteiger partial charge in [-0.05, 0) is 25.3 Å². The number of hydrogen-bond donors (Lipinski definition) is 2. The number of carbonyl (C=O) groups excluding carboxylic acids is 2. The third-order valence-corrected chi connectivity index (χ3v) is 3.59. The molecule has 2 aliphatic heterocycles. The number of amides is 2. The second kappa shape index (κ2) is 5.49. The minimum atomic E-state index is -0.0491. The maximum atomic E-state index is 12.3. The number of hydrogen-bond acceptors (Lipinski definition) is 3. The van der Waals surface area contributed by atoms with Crippen molar-refractivity contribution in [2.24, 2.45) is 5.92 Å². The monoisotopic (exact) mass is 239 g/mol. The van der Waals surface area contributed by atoms with Crippen molar-refractivity contribution in [1.82, 2.24) is 15.5 Å². The molecule has 0 aromatic rings. The van der Waals surface area contributed by atoms with Crippen LogP contribution in [-0.2, 0) is 9.59 Å². The highest BCUT2D eigenvalue weighted by molar-refractivity contribution is 5.83. The molecule has 5 nitrogen and oxygen atoms in total. The molecule has 2 aliphatic rings. The van der Waals surface area contributed by atoms with Crippen LogP contribution in [0.3, 0.4) is 0 Å². The fraction of sp³-hybridized carbons (Fsp3) is 0.833. The van der Waals surface area contributed by atoms with E-state index in [4.69, 9.17) is 0 Å². The van der Waals surface area contributed by atoms with Gasteiger partial charge in [0.15, 0.2) is 0 Å². The van der Waals surface area contributed by atoms with Crippen molar-refractivity contribution in [3.05, 3.63) is 0 Å². The zero-order valence-corrected chi connectivity index (χ0v) is 10.4. The Morgan fingerprint density at radius 2 is 2.18 bits per heavy atom. The lowest BCUT2D eigenvalue weighted by Crippen LogP contribution is -2.50. The van der Waals surface area contributed by atoms with Crippen molar-refractivity contribution in [1.29, 1.82) is 0 Å². The molecular formula is C12H21N3O2. The summed E-state index contributed by atoms with van der Waals surface area (Å²) >= 11 is 0. The molecule has 2 atom stereocenters. The van der Waals surface area contributed by atoms with Crippen LogP contribution in [0.5, 0.6) is 0 Å². The van der Waals surface area contributed by atoms with Crippen LogP contribution in [0.25, 0.3) is 0 Å². The predicted octanol–water partition coefficient (Wildman–Crippen LogP) is -0.277. The molecule has 2 N–H and O–H groups in total. The zero-order valence-electron chi connectivity index (χ0n) is 10.4. The van der Waals surface area contributed by atoms with E-state index in [0.29, 0.717) is 32.0 Å². The summed E-state index contributed by atoms with van der Waals surface area (Å²) in [5.41, 5.74) is 0. The second-order valence-electron chi connectivity index (χ2n) is 5.06. The summed E-state index contributed by atoms with van der Waals surface area (Å²) in [5.74, 6) is 0.815. The smallest absolute Gasteiger partial charge is 0.239 e. The molecule has 0 radical (unpaired) electrons. The molecule has 0 aliphatic carbocycles. The molecule has 2 saturated heterocycles. The van der Waals surface area contributed by atoms with Gasteiger partial charge in [-0.1, -0.05) is 6.92 Å². The van der Waals surface area contributed by atoms with Gasteiger partial charge < -0.3 is 15.5 Å². The number of nitrogens with one attached hydrogen (secondary N) is 2. The van der Waals surface area contributed by atoms with E-state index in [0.717, 1.165) is 19.4 Å². The van der Waals surface area contributed by atoms with E-state index in [1.165, 1.54) is 0 Å². The molecule has 2 unspecified atom stereocenters. The van der Waals surface area contributed by atoms with E-state index in [2.05, 4.69) is 17.6 Å². The van der Waals surface area contributed by atoms with Gasteiger partial charge in [0.1, 0.15) is 0 Å². The van der Waals surface area contributed by atoms with Gasteiger partial charge in [0.2, 0.25) is 11.8 Å². The number of piperidine rings is 1. The molecular weight excluding hydrogens is 218 g/mol. The summed E-state index contributed by atoms with van der Waals surface area (Å²) in [6, 6.07) is -0.0491. The number of nitrogens with zero attached hydrogens (tertiary/aromatic N) is 1. The summed E-state index contributed by atoms with van der Waals surface area (Å²) in [6.45, 7) is 4.87. The van der Waals surface area contributed by atoms with Crippen LogP contribution in [0.4, 0.5) is 0 Å². The molecule has 2 amide bonds. The number of carbonyl (C=O) groups is 2. The third kappa shape index (κ3) is 3.19. The Bertz CT molecular complexity index is 306. The maximum absolute atomic E-state index is 12.3. The van der Waals surface area contributed by atoms with Gasteiger partial charge >= 0.3 is 0 Å². The van der Waals surface area contributed by atoms with E-state index in [-0.39, 0.29) is 17.9 Å². The van der Waals surface area contributed by atoms with Gasteiger partial charge in [-0.3, -0.25) is 9.59 Å². The van der Waals surface area contributed by atoms with E-state index >= 15 is 0 Å². The molecule has 0 bridgehead atoms. The Balaban J connectivity index is 1.91. The highest BCUT2D eigenvalue weighted by atomic mass is 16.2. The van der Waals surface area contributed by atoms with Gasteiger partial charge in [0, 0.05) is 26.1 Å². The lowest BCUT2D eigenvalue weighted by atomic mass is 9.93. The number of rotatable bonds is 1. The fourth-order valence-electron chi connectivity index (χ4n) is 2.50. The Morgan fingerprint density at radius 1 is 1.35 bits per heavy atom. The molecule has 17 heavy (non-hydrogen) atoms. The first-order valence-electron chi connectivity index (χ1n) is 6.45.